The van der Waals surface area contributed by atoms with E-state index in [2.05, 4.69) is 5.32 Å². The van der Waals surface area contributed by atoms with Crippen LogP contribution in [-0.4, -0.2) is 18.9 Å². The lowest BCUT2D eigenvalue weighted by Crippen LogP contribution is -2.23. The molecule has 0 saturated heterocycles. The van der Waals surface area contributed by atoms with Gasteiger partial charge in [0.2, 0.25) is 5.91 Å². The van der Waals surface area contributed by atoms with Crippen LogP contribution in [0.2, 0.25) is 5.02 Å². The van der Waals surface area contributed by atoms with E-state index >= 15 is 0 Å². The summed E-state index contributed by atoms with van der Waals surface area (Å²) in [6, 6.07) is 5.32. The largest absolute Gasteiger partial charge is 0.495 e. The van der Waals surface area contributed by atoms with Crippen molar-refractivity contribution < 1.29 is 9.53 Å². The summed E-state index contributed by atoms with van der Waals surface area (Å²) in [5.74, 6) is 0.352. The van der Waals surface area contributed by atoms with E-state index in [1.54, 1.807) is 19.2 Å². The molecule has 3 nitrogen and oxygen atoms in total. The molecule has 0 aliphatic rings. The first-order valence-corrected chi connectivity index (χ1v) is 5.23. The van der Waals surface area contributed by atoms with Crippen molar-refractivity contribution in [2.45, 2.75) is 6.54 Å². The molecule has 0 aliphatic carbocycles. The van der Waals surface area contributed by atoms with Gasteiger partial charge in [-0.25, -0.2) is 0 Å². The minimum Gasteiger partial charge on any atom is -0.495 e. The van der Waals surface area contributed by atoms with Crippen molar-refractivity contribution in [3.05, 3.63) is 28.8 Å². The van der Waals surface area contributed by atoms with E-state index in [1.807, 2.05) is 6.07 Å². The van der Waals surface area contributed by atoms with Gasteiger partial charge in [-0.1, -0.05) is 17.7 Å². The molecule has 0 saturated carbocycles. The highest BCUT2D eigenvalue weighted by Crippen LogP contribution is 2.24. The van der Waals surface area contributed by atoms with Crippen LogP contribution in [-0.2, 0) is 11.3 Å². The van der Waals surface area contributed by atoms with Crippen LogP contribution in [0.15, 0.2) is 18.2 Å². The summed E-state index contributed by atoms with van der Waals surface area (Å²) < 4.78 is 5.05. The van der Waals surface area contributed by atoms with Gasteiger partial charge in [-0.3, -0.25) is 4.79 Å². The fourth-order valence-corrected chi connectivity index (χ4v) is 1.35. The SMILES string of the molecule is COc1cc(CNC(=O)CCl)ccc1Cl. The van der Waals surface area contributed by atoms with E-state index in [1.165, 1.54) is 0 Å². The summed E-state index contributed by atoms with van der Waals surface area (Å²) in [6.07, 6.45) is 0. The molecule has 0 atom stereocenters. The first kappa shape index (κ1) is 12.1. The number of methoxy groups -OCH3 is 1. The first-order valence-electron chi connectivity index (χ1n) is 4.32. The molecule has 0 aliphatic heterocycles. The van der Waals surface area contributed by atoms with E-state index in [4.69, 9.17) is 27.9 Å². The average molecular weight is 248 g/mol. The van der Waals surface area contributed by atoms with Crippen LogP contribution in [0.3, 0.4) is 0 Å². The standard InChI is InChI=1S/C10H11Cl2NO2/c1-15-9-4-7(2-3-8(9)12)6-13-10(14)5-11/h2-4H,5-6H2,1H3,(H,13,14). The third-order valence-corrected chi connectivity index (χ3v) is 2.38. The van der Waals surface area contributed by atoms with Crippen LogP contribution >= 0.6 is 23.2 Å². The number of alkyl halides is 1. The number of carbonyl (C=O) groups is 1. The van der Waals surface area contributed by atoms with Crippen molar-refractivity contribution in [1.29, 1.82) is 0 Å². The highest BCUT2D eigenvalue weighted by atomic mass is 35.5. The van der Waals surface area contributed by atoms with Gasteiger partial charge >= 0.3 is 0 Å². The predicted molar refractivity (Wildman–Crippen MR) is 60.6 cm³/mol. The van der Waals surface area contributed by atoms with Gasteiger partial charge in [-0.15, -0.1) is 11.6 Å². The maximum absolute atomic E-state index is 10.9. The minimum absolute atomic E-state index is 0.0370. The zero-order chi connectivity index (χ0) is 11.3. The van der Waals surface area contributed by atoms with Crippen LogP contribution in [0.4, 0.5) is 0 Å². The normalized spacial score (nSPS) is 9.80. The Balaban J connectivity index is 2.66. The van der Waals surface area contributed by atoms with Gasteiger partial charge in [-0.05, 0) is 17.7 Å². The van der Waals surface area contributed by atoms with E-state index in [-0.39, 0.29) is 11.8 Å². The summed E-state index contributed by atoms with van der Waals surface area (Å²) in [4.78, 5) is 10.9. The van der Waals surface area contributed by atoms with E-state index in [0.717, 1.165) is 5.56 Å². The second-order valence-corrected chi connectivity index (χ2v) is 3.55. The molecule has 1 aromatic rings. The lowest BCUT2D eigenvalue weighted by molar-refractivity contribution is -0.118. The number of halogens is 2. The van der Waals surface area contributed by atoms with E-state index in [9.17, 15) is 4.79 Å². The summed E-state index contributed by atoms with van der Waals surface area (Å²) in [6.45, 7) is 0.416. The Morgan fingerprint density at radius 3 is 2.87 bits per heavy atom. The molecule has 0 heterocycles. The number of carbonyl (C=O) groups excluding carboxylic acids is 1. The fourth-order valence-electron chi connectivity index (χ4n) is 1.06. The van der Waals surface area contributed by atoms with Gasteiger partial charge < -0.3 is 10.1 Å². The van der Waals surface area contributed by atoms with Crippen molar-refractivity contribution in [2.75, 3.05) is 13.0 Å². The highest BCUT2D eigenvalue weighted by Gasteiger charge is 2.03. The molecular weight excluding hydrogens is 237 g/mol. The zero-order valence-corrected chi connectivity index (χ0v) is 9.73. The Morgan fingerprint density at radius 2 is 2.27 bits per heavy atom. The first-order chi connectivity index (χ1) is 7.17. The third kappa shape index (κ3) is 3.61. The number of hydrogen-bond acceptors (Lipinski definition) is 2. The molecular formula is C10H11Cl2NO2. The van der Waals surface area contributed by atoms with E-state index in [0.29, 0.717) is 17.3 Å². The Hall–Kier alpha value is -0.930. The van der Waals surface area contributed by atoms with Gasteiger partial charge in [-0.2, -0.15) is 0 Å². The molecule has 0 unspecified atom stereocenters. The number of benzene rings is 1. The molecule has 5 heteroatoms. The predicted octanol–water partition coefficient (Wildman–Crippen LogP) is 2.20. The van der Waals surface area contributed by atoms with Crippen molar-refractivity contribution in [2.24, 2.45) is 0 Å². The van der Waals surface area contributed by atoms with Gasteiger partial charge in [0.15, 0.2) is 0 Å². The van der Waals surface area contributed by atoms with E-state index < -0.39 is 0 Å². The molecule has 1 N–H and O–H groups in total. The maximum Gasteiger partial charge on any atom is 0.235 e. The fraction of sp³-hybridized carbons (Fsp3) is 0.300. The second kappa shape index (κ2) is 5.83. The van der Waals surface area contributed by atoms with Crippen molar-refractivity contribution >= 4 is 29.1 Å². The molecule has 1 aromatic carbocycles. The lowest BCUT2D eigenvalue weighted by atomic mass is 10.2. The third-order valence-electron chi connectivity index (χ3n) is 1.83. The topological polar surface area (TPSA) is 38.3 Å². The Morgan fingerprint density at radius 1 is 1.53 bits per heavy atom. The quantitative estimate of drug-likeness (QED) is 0.829. The smallest absolute Gasteiger partial charge is 0.235 e. The highest BCUT2D eigenvalue weighted by molar-refractivity contribution is 6.32. The molecule has 15 heavy (non-hydrogen) atoms. The van der Waals surface area contributed by atoms with Crippen molar-refractivity contribution in [3.63, 3.8) is 0 Å². The molecule has 0 radical (unpaired) electrons. The van der Waals surface area contributed by atoms with Gasteiger partial charge in [0.1, 0.15) is 11.6 Å². The van der Waals surface area contributed by atoms with Gasteiger partial charge in [0, 0.05) is 6.54 Å². The minimum atomic E-state index is -0.203. The summed E-state index contributed by atoms with van der Waals surface area (Å²) in [5.41, 5.74) is 0.912. The van der Waals surface area contributed by atoms with Crippen LogP contribution in [0.5, 0.6) is 5.75 Å². The van der Waals surface area contributed by atoms with Crippen molar-refractivity contribution in [1.82, 2.24) is 5.32 Å². The molecule has 82 valence electrons. The Bertz CT molecular complexity index is 355. The Kier molecular flexibility index (Phi) is 4.72. The van der Waals surface area contributed by atoms with Gasteiger partial charge in [0.25, 0.3) is 0 Å². The molecule has 0 spiro atoms. The number of rotatable bonds is 4. The second-order valence-electron chi connectivity index (χ2n) is 2.88. The lowest BCUT2D eigenvalue weighted by Gasteiger charge is -2.07. The average Bonchev–Trinajstić information content (AvgIpc) is 2.27. The van der Waals surface area contributed by atoms with Crippen molar-refractivity contribution in [3.8, 4) is 5.75 Å². The maximum atomic E-state index is 10.9. The summed E-state index contributed by atoms with van der Waals surface area (Å²) in [7, 11) is 1.54. The zero-order valence-electron chi connectivity index (χ0n) is 8.22. The van der Waals surface area contributed by atoms with Gasteiger partial charge in [0.05, 0.1) is 12.1 Å². The number of amides is 1. The van der Waals surface area contributed by atoms with Crippen LogP contribution in [0.1, 0.15) is 5.56 Å². The Labute approximate surface area is 98.3 Å². The summed E-state index contributed by atoms with van der Waals surface area (Å²) >= 11 is 11.2. The molecule has 1 amide bonds. The molecule has 1 rings (SSSR count). The number of nitrogens with one attached hydrogen (secondary N) is 1. The van der Waals surface area contributed by atoms with Crippen LogP contribution in [0, 0.1) is 0 Å². The summed E-state index contributed by atoms with van der Waals surface area (Å²) in [5, 5.41) is 3.20. The molecule has 0 fully saturated rings. The number of ether oxygens (including phenoxy) is 1. The van der Waals surface area contributed by atoms with Crippen LogP contribution < -0.4 is 10.1 Å². The molecule has 0 bridgehead atoms. The monoisotopic (exact) mass is 247 g/mol. The number of hydrogen-bond donors (Lipinski definition) is 1. The molecule has 0 aromatic heterocycles. The van der Waals surface area contributed by atoms with Crippen LogP contribution in [0.25, 0.3) is 0 Å².